The standard InChI is InChI=1S/C18H14ClN3OS/c1-12(10-20)11-24-18-21-15-8-4-2-6-13(15)17(23)22(18)16-9-5-3-7-14(16)19/h2-9,12H,11H2,1H3/t12-/m0/s1. The monoisotopic (exact) mass is 355 g/mol. The molecule has 0 amide bonds. The van der Waals surface area contributed by atoms with Crippen LogP contribution in [0.3, 0.4) is 0 Å². The fourth-order valence-corrected chi connectivity index (χ4v) is 3.46. The van der Waals surface area contributed by atoms with Crippen LogP contribution in [0.2, 0.25) is 5.02 Å². The maximum absolute atomic E-state index is 13.0. The maximum atomic E-state index is 13.0. The molecule has 4 nitrogen and oxygen atoms in total. The van der Waals surface area contributed by atoms with E-state index in [1.165, 1.54) is 16.3 Å². The minimum atomic E-state index is -0.166. The van der Waals surface area contributed by atoms with Crippen LogP contribution in [0.15, 0.2) is 58.5 Å². The Balaban J connectivity index is 2.24. The molecular weight excluding hydrogens is 342 g/mol. The fourth-order valence-electron chi connectivity index (χ4n) is 2.29. The Morgan fingerprint density at radius 1 is 1.25 bits per heavy atom. The molecule has 24 heavy (non-hydrogen) atoms. The van der Waals surface area contributed by atoms with Crippen molar-refractivity contribution < 1.29 is 0 Å². The van der Waals surface area contributed by atoms with Gasteiger partial charge in [0.2, 0.25) is 0 Å². The summed E-state index contributed by atoms with van der Waals surface area (Å²) in [4.78, 5) is 17.6. The van der Waals surface area contributed by atoms with Crippen LogP contribution in [-0.2, 0) is 0 Å². The highest BCUT2D eigenvalue weighted by Crippen LogP contribution is 2.26. The van der Waals surface area contributed by atoms with Gasteiger partial charge in [0.25, 0.3) is 5.56 Å². The van der Waals surface area contributed by atoms with E-state index in [1.807, 2.05) is 37.3 Å². The van der Waals surface area contributed by atoms with Crippen molar-refractivity contribution >= 4 is 34.3 Å². The Hall–Kier alpha value is -2.29. The predicted octanol–water partition coefficient (Wildman–Crippen LogP) is 4.29. The number of thioether (sulfide) groups is 1. The number of para-hydroxylation sites is 2. The van der Waals surface area contributed by atoms with Crippen molar-refractivity contribution in [3.63, 3.8) is 0 Å². The van der Waals surface area contributed by atoms with Crippen LogP contribution in [0, 0.1) is 17.2 Å². The molecule has 3 rings (SSSR count). The van der Waals surface area contributed by atoms with Crippen molar-refractivity contribution in [2.75, 3.05) is 5.75 Å². The first-order valence-electron chi connectivity index (χ1n) is 7.41. The molecule has 0 unspecified atom stereocenters. The molecule has 6 heteroatoms. The predicted molar refractivity (Wildman–Crippen MR) is 97.9 cm³/mol. The molecular formula is C18H14ClN3OS. The summed E-state index contributed by atoms with van der Waals surface area (Å²) in [6.45, 7) is 1.84. The van der Waals surface area contributed by atoms with E-state index in [-0.39, 0.29) is 11.5 Å². The Labute approximate surface area is 148 Å². The number of fused-ring (bicyclic) bond motifs is 1. The lowest BCUT2D eigenvalue weighted by Gasteiger charge is -2.14. The third kappa shape index (κ3) is 3.16. The lowest BCUT2D eigenvalue weighted by atomic mass is 10.2. The van der Waals surface area contributed by atoms with Crippen molar-refractivity contribution in [1.29, 1.82) is 5.26 Å². The molecule has 120 valence electrons. The van der Waals surface area contributed by atoms with Crippen LogP contribution >= 0.6 is 23.4 Å². The van der Waals surface area contributed by atoms with Gasteiger partial charge in [0.15, 0.2) is 5.16 Å². The summed E-state index contributed by atoms with van der Waals surface area (Å²) in [5.41, 5.74) is 1.06. The molecule has 0 bridgehead atoms. The first-order chi connectivity index (χ1) is 11.6. The first kappa shape index (κ1) is 16.6. The second-order valence-corrected chi connectivity index (χ2v) is 6.74. The van der Waals surface area contributed by atoms with Gasteiger partial charge in [-0.15, -0.1) is 0 Å². The number of nitrogens with zero attached hydrogens (tertiary/aromatic N) is 3. The van der Waals surface area contributed by atoms with Gasteiger partial charge >= 0.3 is 0 Å². The molecule has 1 aromatic heterocycles. The molecule has 0 aliphatic heterocycles. The summed E-state index contributed by atoms with van der Waals surface area (Å²) in [7, 11) is 0. The molecule has 2 aromatic carbocycles. The van der Waals surface area contributed by atoms with Crippen molar-refractivity contribution in [2.45, 2.75) is 12.1 Å². The van der Waals surface area contributed by atoms with Crippen molar-refractivity contribution in [1.82, 2.24) is 9.55 Å². The largest absolute Gasteiger partial charge is 0.268 e. The summed E-state index contributed by atoms with van der Waals surface area (Å²) in [6, 6.07) is 16.6. The van der Waals surface area contributed by atoms with Crippen molar-refractivity contribution in [3.8, 4) is 11.8 Å². The fraction of sp³-hybridized carbons (Fsp3) is 0.167. The second-order valence-electron chi connectivity index (χ2n) is 5.34. The van der Waals surface area contributed by atoms with Crippen molar-refractivity contribution in [2.24, 2.45) is 5.92 Å². The van der Waals surface area contributed by atoms with E-state index < -0.39 is 0 Å². The minimum absolute atomic E-state index is 0.141. The summed E-state index contributed by atoms with van der Waals surface area (Å²) in [5.74, 6) is 0.407. The average molecular weight is 356 g/mol. The normalized spacial score (nSPS) is 12.0. The van der Waals surface area contributed by atoms with Gasteiger partial charge in [0.1, 0.15) is 0 Å². The van der Waals surface area contributed by atoms with E-state index in [9.17, 15) is 4.79 Å². The summed E-state index contributed by atoms with van der Waals surface area (Å²) in [5, 5.41) is 10.5. The molecule has 1 atom stereocenters. The quantitative estimate of drug-likeness (QED) is 0.517. The highest BCUT2D eigenvalue weighted by Gasteiger charge is 2.16. The lowest BCUT2D eigenvalue weighted by Crippen LogP contribution is -2.22. The Bertz CT molecular complexity index is 993. The highest BCUT2D eigenvalue weighted by atomic mass is 35.5. The molecule has 0 fully saturated rings. The third-order valence-electron chi connectivity index (χ3n) is 3.52. The topological polar surface area (TPSA) is 58.7 Å². The second kappa shape index (κ2) is 7.08. The van der Waals surface area contributed by atoms with E-state index in [1.54, 1.807) is 18.2 Å². The van der Waals surface area contributed by atoms with E-state index >= 15 is 0 Å². The first-order valence-corrected chi connectivity index (χ1v) is 8.77. The third-order valence-corrected chi connectivity index (χ3v) is 5.04. The summed E-state index contributed by atoms with van der Waals surface area (Å²) >= 11 is 7.68. The number of benzene rings is 2. The van der Waals surface area contributed by atoms with Crippen LogP contribution in [-0.4, -0.2) is 15.3 Å². The molecule has 0 aliphatic rings. The van der Waals surface area contributed by atoms with Gasteiger partial charge in [-0.25, -0.2) is 4.98 Å². The molecule has 1 heterocycles. The zero-order valence-corrected chi connectivity index (χ0v) is 14.5. The SMILES string of the molecule is C[C@@H](C#N)CSc1nc2ccccc2c(=O)n1-c1ccccc1Cl. The zero-order valence-electron chi connectivity index (χ0n) is 12.9. The zero-order chi connectivity index (χ0) is 17.1. The Morgan fingerprint density at radius 2 is 1.96 bits per heavy atom. The summed E-state index contributed by atoms with van der Waals surface area (Å²) < 4.78 is 1.53. The smallest absolute Gasteiger partial charge is 0.266 e. The minimum Gasteiger partial charge on any atom is -0.268 e. The highest BCUT2D eigenvalue weighted by molar-refractivity contribution is 7.99. The van der Waals surface area contributed by atoms with Gasteiger partial charge in [-0.2, -0.15) is 5.26 Å². The number of hydrogen-bond donors (Lipinski definition) is 0. The Kier molecular flexibility index (Phi) is 4.89. The molecule has 0 aliphatic carbocycles. The van der Waals surface area contributed by atoms with Crippen molar-refractivity contribution in [3.05, 3.63) is 63.9 Å². The molecule has 0 radical (unpaired) electrons. The summed E-state index contributed by atoms with van der Waals surface area (Å²) in [6.07, 6.45) is 0. The van der Waals surface area contributed by atoms with E-state index in [0.717, 1.165) is 0 Å². The van der Waals surface area contributed by atoms with Gasteiger partial charge in [-0.3, -0.25) is 9.36 Å². The molecule has 0 saturated carbocycles. The maximum Gasteiger partial charge on any atom is 0.266 e. The van der Waals surface area contributed by atoms with Crippen LogP contribution in [0.4, 0.5) is 0 Å². The van der Waals surface area contributed by atoms with Gasteiger partial charge in [-0.05, 0) is 31.2 Å². The van der Waals surface area contributed by atoms with E-state index in [4.69, 9.17) is 16.9 Å². The van der Waals surface area contributed by atoms with E-state index in [0.29, 0.717) is 32.5 Å². The van der Waals surface area contributed by atoms with Gasteiger partial charge in [-0.1, -0.05) is 47.6 Å². The molecule has 0 spiro atoms. The number of halogens is 1. The van der Waals surface area contributed by atoms with Crippen LogP contribution in [0.25, 0.3) is 16.6 Å². The number of nitriles is 1. The Morgan fingerprint density at radius 3 is 2.71 bits per heavy atom. The lowest BCUT2D eigenvalue weighted by molar-refractivity contribution is 0.807. The number of aromatic nitrogens is 2. The molecule has 0 N–H and O–H groups in total. The van der Waals surface area contributed by atoms with Crippen LogP contribution in [0.1, 0.15) is 6.92 Å². The van der Waals surface area contributed by atoms with Gasteiger partial charge < -0.3 is 0 Å². The van der Waals surface area contributed by atoms with Gasteiger partial charge in [0.05, 0.1) is 33.6 Å². The van der Waals surface area contributed by atoms with E-state index in [2.05, 4.69) is 11.1 Å². The average Bonchev–Trinajstić information content (AvgIpc) is 2.61. The molecule has 0 saturated heterocycles. The number of hydrogen-bond acceptors (Lipinski definition) is 4. The van der Waals surface area contributed by atoms with Crippen LogP contribution in [0.5, 0.6) is 0 Å². The van der Waals surface area contributed by atoms with Crippen LogP contribution < -0.4 is 5.56 Å². The van der Waals surface area contributed by atoms with Gasteiger partial charge in [0, 0.05) is 5.75 Å². The molecule has 3 aromatic rings. The number of rotatable bonds is 4.